The molecule has 0 radical (unpaired) electrons. The van der Waals surface area contributed by atoms with Gasteiger partial charge in [-0.05, 0) is 37.8 Å². The van der Waals surface area contributed by atoms with E-state index < -0.39 is 0 Å². The number of hydrogen-bond donors (Lipinski definition) is 1. The number of methoxy groups -OCH3 is 3. The summed E-state index contributed by atoms with van der Waals surface area (Å²) in [6, 6.07) is 3.72. The molecule has 0 unspecified atom stereocenters. The summed E-state index contributed by atoms with van der Waals surface area (Å²) in [6.45, 7) is 0. The Balaban J connectivity index is 1.59. The smallest absolute Gasteiger partial charge is 0.316 e. The lowest BCUT2D eigenvalue weighted by Crippen LogP contribution is -2.40. The molecule has 1 aliphatic carbocycles. The van der Waals surface area contributed by atoms with Crippen LogP contribution in [-0.4, -0.2) is 49.4 Å². The number of carbonyl (C=O) groups excluding carboxylic acids is 1. The Bertz CT molecular complexity index is 839. The topological polar surface area (TPSA) is 91.8 Å². The van der Waals surface area contributed by atoms with Crippen molar-refractivity contribution in [2.75, 3.05) is 21.3 Å². The molecule has 1 fully saturated rings. The minimum Gasteiger partial charge on any atom is -0.493 e. The van der Waals surface area contributed by atoms with E-state index in [-0.39, 0.29) is 18.1 Å². The van der Waals surface area contributed by atoms with Gasteiger partial charge < -0.3 is 24.3 Å². The van der Waals surface area contributed by atoms with Crippen LogP contribution in [0.4, 0.5) is 0 Å². The van der Waals surface area contributed by atoms with Crippen molar-refractivity contribution in [3.8, 4) is 23.3 Å². The van der Waals surface area contributed by atoms with Crippen LogP contribution in [0.25, 0.3) is 0 Å². The van der Waals surface area contributed by atoms with Gasteiger partial charge in [-0.15, -0.1) is 0 Å². The van der Waals surface area contributed by atoms with Crippen LogP contribution in [-0.2, 0) is 0 Å². The zero-order chi connectivity index (χ0) is 20.8. The van der Waals surface area contributed by atoms with Crippen LogP contribution in [0.3, 0.4) is 0 Å². The van der Waals surface area contributed by atoms with Crippen molar-refractivity contribution in [1.82, 2.24) is 15.3 Å². The number of rotatable bonds is 7. The van der Waals surface area contributed by atoms with Crippen LogP contribution in [0.2, 0.25) is 5.02 Å². The average Bonchev–Trinajstić information content (AvgIpc) is 2.75. The van der Waals surface area contributed by atoms with Gasteiger partial charge in [-0.3, -0.25) is 4.79 Å². The molecule has 0 spiro atoms. The fraction of sp³-hybridized carbons (Fsp3) is 0.450. The van der Waals surface area contributed by atoms with Crippen LogP contribution in [0.1, 0.15) is 36.0 Å². The average molecular weight is 422 g/mol. The predicted molar refractivity (Wildman–Crippen MR) is 107 cm³/mol. The molecule has 1 N–H and O–H groups in total. The van der Waals surface area contributed by atoms with Crippen molar-refractivity contribution < 1.29 is 23.7 Å². The Hall–Kier alpha value is -2.74. The third-order valence-corrected chi connectivity index (χ3v) is 5.02. The van der Waals surface area contributed by atoms with Gasteiger partial charge in [0, 0.05) is 6.04 Å². The van der Waals surface area contributed by atoms with E-state index in [1.807, 2.05) is 0 Å². The molecule has 3 rings (SSSR count). The van der Waals surface area contributed by atoms with Crippen LogP contribution < -0.4 is 24.3 Å². The number of nitrogens with one attached hydrogen (secondary N) is 1. The van der Waals surface area contributed by atoms with E-state index >= 15 is 0 Å². The highest BCUT2D eigenvalue weighted by molar-refractivity contribution is 6.30. The Morgan fingerprint density at radius 2 is 1.66 bits per heavy atom. The largest absolute Gasteiger partial charge is 0.493 e. The molecule has 0 bridgehead atoms. The number of ether oxygens (including phenoxy) is 4. The SMILES string of the molecule is COc1ccc(C(=O)NC2CCC(Oc3ncc(Cl)cn3)CC2)c(OC)c1OC. The molecule has 9 heteroatoms. The van der Waals surface area contributed by atoms with Crippen molar-refractivity contribution in [3.63, 3.8) is 0 Å². The van der Waals surface area contributed by atoms with Gasteiger partial charge in [0.05, 0.1) is 44.3 Å². The normalized spacial score (nSPS) is 18.6. The van der Waals surface area contributed by atoms with Crippen molar-refractivity contribution in [1.29, 1.82) is 0 Å². The molecule has 1 saturated carbocycles. The van der Waals surface area contributed by atoms with E-state index in [9.17, 15) is 4.79 Å². The molecule has 1 aromatic carbocycles. The molecule has 29 heavy (non-hydrogen) atoms. The van der Waals surface area contributed by atoms with Crippen LogP contribution >= 0.6 is 11.6 Å². The molecule has 1 heterocycles. The Morgan fingerprint density at radius 3 is 2.24 bits per heavy atom. The predicted octanol–water partition coefficient (Wildman–Crippen LogP) is 3.28. The maximum Gasteiger partial charge on any atom is 0.316 e. The Labute approximate surface area is 174 Å². The van der Waals surface area contributed by atoms with E-state index in [1.54, 1.807) is 12.1 Å². The van der Waals surface area contributed by atoms with Gasteiger partial charge in [0.25, 0.3) is 5.91 Å². The van der Waals surface area contributed by atoms with E-state index in [4.69, 9.17) is 30.5 Å². The first-order chi connectivity index (χ1) is 14.0. The first-order valence-electron chi connectivity index (χ1n) is 9.29. The zero-order valence-electron chi connectivity index (χ0n) is 16.6. The van der Waals surface area contributed by atoms with Crippen molar-refractivity contribution in [2.24, 2.45) is 0 Å². The molecule has 156 valence electrons. The van der Waals surface area contributed by atoms with Gasteiger partial charge in [0.2, 0.25) is 5.75 Å². The summed E-state index contributed by atoms with van der Waals surface area (Å²) >= 11 is 5.79. The number of amides is 1. The Morgan fingerprint density at radius 1 is 1.00 bits per heavy atom. The highest BCUT2D eigenvalue weighted by Crippen LogP contribution is 2.39. The standard InChI is InChI=1S/C20H24ClN3O5/c1-26-16-9-8-15(17(27-2)18(16)28-3)19(25)24-13-4-6-14(7-5-13)29-20-22-10-12(21)11-23-20/h8-11,13-14H,4-7H2,1-3H3,(H,24,25). The molecular weight excluding hydrogens is 398 g/mol. The number of carbonyl (C=O) groups is 1. The van der Waals surface area contributed by atoms with Gasteiger partial charge in [0.15, 0.2) is 11.5 Å². The molecule has 0 atom stereocenters. The number of nitrogens with zero attached hydrogens (tertiary/aromatic N) is 2. The molecule has 1 aliphatic rings. The lowest BCUT2D eigenvalue weighted by Gasteiger charge is -2.29. The Kier molecular flexibility index (Phi) is 6.98. The zero-order valence-corrected chi connectivity index (χ0v) is 17.4. The van der Waals surface area contributed by atoms with Crippen LogP contribution in [0.15, 0.2) is 24.5 Å². The van der Waals surface area contributed by atoms with Gasteiger partial charge in [-0.1, -0.05) is 11.6 Å². The summed E-state index contributed by atoms with van der Waals surface area (Å²) in [5, 5.41) is 3.54. The highest BCUT2D eigenvalue weighted by Gasteiger charge is 2.27. The van der Waals surface area contributed by atoms with Crippen molar-refractivity contribution >= 4 is 17.5 Å². The number of halogens is 1. The van der Waals surface area contributed by atoms with Crippen molar-refractivity contribution in [3.05, 3.63) is 35.1 Å². The molecule has 8 nitrogen and oxygen atoms in total. The highest BCUT2D eigenvalue weighted by atomic mass is 35.5. The maximum absolute atomic E-state index is 12.8. The molecule has 1 amide bonds. The van der Waals surface area contributed by atoms with Gasteiger partial charge in [-0.2, -0.15) is 0 Å². The molecule has 0 saturated heterocycles. The third kappa shape index (κ3) is 5.00. The summed E-state index contributed by atoms with van der Waals surface area (Å²) in [5.74, 6) is 1.03. The summed E-state index contributed by atoms with van der Waals surface area (Å²) in [6.07, 6.45) is 6.19. The third-order valence-electron chi connectivity index (χ3n) is 4.83. The van der Waals surface area contributed by atoms with Crippen LogP contribution in [0, 0.1) is 0 Å². The quantitative estimate of drug-likeness (QED) is 0.733. The second-order valence-electron chi connectivity index (χ2n) is 6.63. The summed E-state index contributed by atoms with van der Waals surface area (Å²) in [7, 11) is 4.54. The minimum atomic E-state index is -0.215. The van der Waals surface area contributed by atoms with Gasteiger partial charge in [0.1, 0.15) is 6.10 Å². The van der Waals surface area contributed by atoms with Gasteiger partial charge in [-0.25, -0.2) is 9.97 Å². The fourth-order valence-electron chi connectivity index (χ4n) is 3.38. The number of benzene rings is 1. The molecule has 2 aromatic rings. The summed E-state index contributed by atoms with van der Waals surface area (Å²) in [4.78, 5) is 20.9. The maximum atomic E-state index is 12.8. The van der Waals surface area contributed by atoms with E-state index in [0.29, 0.717) is 33.8 Å². The van der Waals surface area contributed by atoms with Gasteiger partial charge >= 0.3 is 6.01 Å². The summed E-state index contributed by atoms with van der Waals surface area (Å²) in [5.41, 5.74) is 0.401. The van der Waals surface area contributed by atoms with Crippen molar-refractivity contribution in [2.45, 2.75) is 37.8 Å². The fourth-order valence-corrected chi connectivity index (χ4v) is 3.48. The minimum absolute atomic E-state index is 0.0138. The van der Waals surface area contributed by atoms with Crippen LogP contribution in [0.5, 0.6) is 23.3 Å². The molecular formula is C20H24ClN3O5. The van der Waals surface area contributed by atoms with E-state index in [2.05, 4.69) is 15.3 Å². The monoisotopic (exact) mass is 421 g/mol. The lowest BCUT2D eigenvalue weighted by molar-refractivity contribution is 0.0881. The molecule has 1 aromatic heterocycles. The lowest BCUT2D eigenvalue weighted by atomic mass is 9.92. The second-order valence-corrected chi connectivity index (χ2v) is 7.07. The van der Waals surface area contributed by atoms with E-state index in [1.165, 1.54) is 33.7 Å². The number of hydrogen-bond acceptors (Lipinski definition) is 7. The molecule has 0 aliphatic heterocycles. The first-order valence-corrected chi connectivity index (χ1v) is 9.67. The van der Waals surface area contributed by atoms with E-state index in [0.717, 1.165) is 25.7 Å². The number of aromatic nitrogens is 2. The first kappa shape index (κ1) is 21.0. The summed E-state index contributed by atoms with van der Waals surface area (Å²) < 4.78 is 21.8. The second kappa shape index (κ2) is 9.65.